The molecule has 1 atom stereocenters. The summed E-state index contributed by atoms with van der Waals surface area (Å²) in [4.78, 5) is 29.0. The van der Waals surface area contributed by atoms with E-state index in [0.29, 0.717) is 12.2 Å². The SMILES string of the molecule is CCCCC(CN)NC(=O)c1cnc2c(C)cccn2c1=O. The number of fused-ring (bicyclic) bond motifs is 1. The number of hydrogen-bond donors (Lipinski definition) is 2. The maximum Gasteiger partial charge on any atom is 0.270 e. The van der Waals surface area contributed by atoms with Gasteiger partial charge in [-0.15, -0.1) is 0 Å². The molecule has 118 valence electrons. The van der Waals surface area contributed by atoms with Crippen LogP contribution in [0.5, 0.6) is 0 Å². The number of nitrogens with zero attached hydrogens (tertiary/aromatic N) is 2. The van der Waals surface area contributed by atoms with Gasteiger partial charge < -0.3 is 11.1 Å². The average Bonchev–Trinajstić information content (AvgIpc) is 2.52. The number of pyridine rings is 1. The van der Waals surface area contributed by atoms with Crippen molar-refractivity contribution in [3.8, 4) is 0 Å². The highest BCUT2D eigenvalue weighted by Crippen LogP contribution is 2.05. The third-order valence-corrected chi connectivity index (χ3v) is 3.70. The Morgan fingerprint density at radius 3 is 2.95 bits per heavy atom. The van der Waals surface area contributed by atoms with Gasteiger partial charge >= 0.3 is 0 Å². The van der Waals surface area contributed by atoms with Crippen LogP contribution in [-0.2, 0) is 0 Å². The monoisotopic (exact) mass is 302 g/mol. The van der Waals surface area contributed by atoms with Crippen LogP contribution >= 0.6 is 0 Å². The van der Waals surface area contributed by atoms with Crippen LogP contribution in [0.2, 0.25) is 0 Å². The van der Waals surface area contributed by atoms with Crippen LogP contribution in [0.3, 0.4) is 0 Å². The second-order valence-electron chi connectivity index (χ2n) is 5.41. The van der Waals surface area contributed by atoms with E-state index >= 15 is 0 Å². The van der Waals surface area contributed by atoms with Crippen LogP contribution < -0.4 is 16.6 Å². The smallest absolute Gasteiger partial charge is 0.270 e. The molecule has 0 aliphatic heterocycles. The highest BCUT2D eigenvalue weighted by Gasteiger charge is 2.17. The first-order chi connectivity index (χ1) is 10.6. The zero-order chi connectivity index (χ0) is 16.1. The van der Waals surface area contributed by atoms with Crippen molar-refractivity contribution in [1.82, 2.24) is 14.7 Å². The Morgan fingerprint density at radius 2 is 2.27 bits per heavy atom. The van der Waals surface area contributed by atoms with E-state index in [9.17, 15) is 9.59 Å². The molecular formula is C16H22N4O2. The zero-order valence-corrected chi connectivity index (χ0v) is 13.0. The standard InChI is InChI=1S/C16H22N4O2/c1-3-4-7-12(9-17)19-15(21)13-10-18-14-11(2)6-5-8-20(14)16(13)22/h5-6,8,10,12H,3-4,7,9,17H2,1-2H3,(H,19,21). The van der Waals surface area contributed by atoms with E-state index in [2.05, 4.69) is 17.2 Å². The van der Waals surface area contributed by atoms with Crippen LogP contribution in [0, 0.1) is 6.92 Å². The molecule has 0 saturated carbocycles. The number of carbonyl (C=O) groups is 1. The molecule has 2 heterocycles. The third-order valence-electron chi connectivity index (χ3n) is 3.70. The molecule has 6 heteroatoms. The van der Waals surface area contributed by atoms with Crippen LogP contribution in [0.1, 0.15) is 42.1 Å². The summed E-state index contributed by atoms with van der Waals surface area (Å²) in [5.41, 5.74) is 6.80. The van der Waals surface area contributed by atoms with Gasteiger partial charge in [0, 0.05) is 25.0 Å². The number of carbonyl (C=O) groups excluding carboxylic acids is 1. The molecule has 0 aliphatic rings. The van der Waals surface area contributed by atoms with E-state index in [-0.39, 0.29) is 17.2 Å². The zero-order valence-electron chi connectivity index (χ0n) is 13.0. The Bertz CT molecular complexity index is 724. The fraction of sp³-hybridized carbons (Fsp3) is 0.438. The Kier molecular flexibility index (Phi) is 5.27. The molecule has 0 spiro atoms. The van der Waals surface area contributed by atoms with Crippen molar-refractivity contribution in [3.05, 3.63) is 46.0 Å². The molecule has 1 unspecified atom stereocenters. The fourth-order valence-electron chi connectivity index (χ4n) is 2.37. The molecule has 0 radical (unpaired) electrons. The predicted molar refractivity (Wildman–Crippen MR) is 86.0 cm³/mol. The summed E-state index contributed by atoms with van der Waals surface area (Å²) < 4.78 is 1.40. The number of unbranched alkanes of at least 4 members (excludes halogenated alkanes) is 1. The van der Waals surface area contributed by atoms with Gasteiger partial charge in [0.05, 0.1) is 0 Å². The van der Waals surface area contributed by atoms with Gasteiger partial charge in [-0.2, -0.15) is 0 Å². The molecule has 2 aromatic rings. The van der Waals surface area contributed by atoms with Crippen molar-refractivity contribution in [2.45, 2.75) is 39.2 Å². The number of hydrogen-bond acceptors (Lipinski definition) is 4. The van der Waals surface area contributed by atoms with Gasteiger partial charge in [0.2, 0.25) is 0 Å². The minimum atomic E-state index is -0.417. The van der Waals surface area contributed by atoms with Crippen molar-refractivity contribution in [3.63, 3.8) is 0 Å². The molecule has 0 saturated heterocycles. The minimum absolute atomic E-state index is 0.0399. The summed E-state index contributed by atoms with van der Waals surface area (Å²) in [6.45, 7) is 4.31. The molecule has 0 aromatic carbocycles. The van der Waals surface area contributed by atoms with E-state index < -0.39 is 5.91 Å². The van der Waals surface area contributed by atoms with Crippen LogP contribution in [0.15, 0.2) is 29.3 Å². The van der Waals surface area contributed by atoms with E-state index in [4.69, 9.17) is 5.73 Å². The van der Waals surface area contributed by atoms with Crippen molar-refractivity contribution in [2.75, 3.05) is 6.54 Å². The van der Waals surface area contributed by atoms with E-state index in [1.54, 1.807) is 12.3 Å². The Morgan fingerprint density at radius 1 is 1.50 bits per heavy atom. The number of amides is 1. The molecular weight excluding hydrogens is 280 g/mol. The summed E-state index contributed by atoms with van der Waals surface area (Å²) in [7, 11) is 0. The number of aryl methyl sites for hydroxylation is 1. The maximum atomic E-state index is 12.4. The Balaban J connectivity index is 2.29. The lowest BCUT2D eigenvalue weighted by atomic mass is 10.1. The molecule has 6 nitrogen and oxygen atoms in total. The molecule has 1 amide bonds. The van der Waals surface area contributed by atoms with Crippen molar-refractivity contribution in [1.29, 1.82) is 0 Å². The summed E-state index contributed by atoms with van der Waals surface area (Å²) >= 11 is 0. The highest BCUT2D eigenvalue weighted by atomic mass is 16.2. The van der Waals surface area contributed by atoms with Crippen LogP contribution in [-0.4, -0.2) is 27.9 Å². The summed E-state index contributed by atoms with van der Waals surface area (Å²) in [6, 6.07) is 3.51. The average molecular weight is 302 g/mol. The lowest BCUT2D eigenvalue weighted by Crippen LogP contribution is -2.42. The largest absolute Gasteiger partial charge is 0.348 e. The number of aromatic nitrogens is 2. The van der Waals surface area contributed by atoms with Gasteiger partial charge in [-0.05, 0) is 25.0 Å². The van der Waals surface area contributed by atoms with E-state index in [1.807, 2.05) is 13.0 Å². The second-order valence-corrected chi connectivity index (χ2v) is 5.41. The fourth-order valence-corrected chi connectivity index (χ4v) is 2.37. The van der Waals surface area contributed by atoms with Crippen LogP contribution in [0.4, 0.5) is 0 Å². The normalized spacial score (nSPS) is 12.3. The number of nitrogens with one attached hydrogen (secondary N) is 1. The molecule has 22 heavy (non-hydrogen) atoms. The minimum Gasteiger partial charge on any atom is -0.348 e. The highest BCUT2D eigenvalue weighted by molar-refractivity contribution is 5.94. The molecule has 2 rings (SSSR count). The lowest BCUT2D eigenvalue weighted by molar-refractivity contribution is 0.0933. The first kappa shape index (κ1) is 16.2. The van der Waals surface area contributed by atoms with Crippen LogP contribution in [0.25, 0.3) is 5.65 Å². The molecule has 0 fully saturated rings. The summed E-state index contributed by atoms with van der Waals surface area (Å²) in [5.74, 6) is -0.417. The molecule has 0 bridgehead atoms. The van der Waals surface area contributed by atoms with Gasteiger partial charge in [0.1, 0.15) is 11.2 Å². The van der Waals surface area contributed by atoms with E-state index in [1.165, 1.54) is 10.6 Å². The summed E-state index contributed by atoms with van der Waals surface area (Å²) in [5, 5.41) is 2.82. The first-order valence-corrected chi connectivity index (χ1v) is 7.56. The quantitative estimate of drug-likeness (QED) is 0.840. The molecule has 3 N–H and O–H groups in total. The summed E-state index contributed by atoms with van der Waals surface area (Å²) in [6.07, 6.45) is 5.78. The van der Waals surface area contributed by atoms with Crippen molar-refractivity contribution < 1.29 is 4.79 Å². The molecule has 0 aliphatic carbocycles. The lowest BCUT2D eigenvalue weighted by Gasteiger charge is -2.16. The van der Waals surface area contributed by atoms with Gasteiger partial charge in [0.25, 0.3) is 11.5 Å². The first-order valence-electron chi connectivity index (χ1n) is 7.56. The van der Waals surface area contributed by atoms with Crippen molar-refractivity contribution >= 4 is 11.6 Å². The topological polar surface area (TPSA) is 89.5 Å². The van der Waals surface area contributed by atoms with Gasteiger partial charge in [-0.25, -0.2) is 4.98 Å². The number of rotatable bonds is 6. The maximum absolute atomic E-state index is 12.4. The van der Waals surface area contributed by atoms with Crippen molar-refractivity contribution in [2.24, 2.45) is 5.73 Å². The Hall–Kier alpha value is -2.21. The van der Waals surface area contributed by atoms with Gasteiger partial charge in [0.15, 0.2) is 0 Å². The van der Waals surface area contributed by atoms with E-state index in [0.717, 1.165) is 24.8 Å². The second kappa shape index (κ2) is 7.17. The molecule has 2 aromatic heterocycles. The number of nitrogens with two attached hydrogens (primary N) is 1. The predicted octanol–water partition coefficient (Wildman–Crippen LogP) is 1.25. The van der Waals surface area contributed by atoms with Gasteiger partial charge in [-0.3, -0.25) is 14.0 Å². The Labute approximate surface area is 129 Å². The third kappa shape index (κ3) is 3.33. The van der Waals surface area contributed by atoms with Gasteiger partial charge in [-0.1, -0.05) is 25.8 Å².